The third kappa shape index (κ3) is 1.75. The van der Waals surface area contributed by atoms with E-state index in [0.29, 0.717) is 12.1 Å². The van der Waals surface area contributed by atoms with E-state index >= 15 is 0 Å². The van der Waals surface area contributed by atoms with E-state index in [4.69, 9.17) is 0 Å². The zero-order valence-electron chi connectivity index (χ0n) is 7.99. The van der Waals surface area contributed by atoms with Crippen molar-refractivity contribution in [3.63, 3.8) is 0 Å². The summed E-state index contributed by atoms with van der Waals surface area (Å²) in [6, 6.07) is 1.89. The average molecular weight is 247 g/mol. The van der Waals surface area contributed by atoms with Crippen molar-refractivity contribution in [2.45, 2.75) is 6.18 Å². The smallest absolute Gasteiger partial charge is 0.554 e. The van der Waals surface area contributed by atoms with E-state index in [2.05, 4.69) is 0 Å². The molecule has 1 N–H and O–H groups in total. The first kappa shape index (κ1) is 11.2. The largest absolute Gasteiger partial charge is 0.707 e. The van der Waals surface area contributed by atoms with Gasteiger partial charge >= 0.3 is 17.4 Å². The highest BCUT2D eigenvalue weighted by Gasteiger charge is 2.32. The van der Waals surface area contributed by atoms with Gasteiger partial charge in [-0.05, 0) is 12.1 Å². The van der Waals surface area contributed by atoms with Gasteiger partial charge in [0.15, 0.2) is 0 Å². The van der Waals surface area contributed by atoms with Gasteiger partial charge in [0.25, 0.3) is 0 Å². The first-order chi connectivity index (χ1) is 7.80. The Kier molecular flexibility index (Phi) is 2.19. The summed E-state index contributed by atoms with van der Waals surface area (Å²) in [6.45, 7) is 0. The monoisotopic (exact) mass is 247 g/mol. The number of alkyl halides is 3. The molecular formula is C8H4F3N3O3. The van der Waals surface area contributed by atoms with Gasteiger partial charge < -0.3 is 10.4 Å². The second-order valence-electron chi connectivity index (χ2n) is 3.21. The highest BCUT2D eigenvalue weighted by molar-refractivity contribution is 5.68. The minimum absolute atomic E-state index is 0.179. The summed E-state index contributed by atoms with van der Waals surface area (Å²) in [7, 11) is 0. The van der Waals surface area contributed by atoms with Crippen LogP contribution in [0.5, 0.6) is 0 Å². The summed E-state index contributed by atoms with van der Waals surface area (Å²) in [6.07, 6.45) is -4.63. The van der Waals surface area contributed by atoms with E-state index in [1.165, 1.54) is 0 Å². The first-order valence-corrected chi connectivity index (χ1v) is 4.27. The maximum Gasteiger partial charge on any atom is 0.554 e. The normalized spacial score (nSPS) is 11.9. The number of halogens is 3. The molecule has 0 aliphatic rings. The molecule has 0 unspecified atom stereocenters. The Bertz CT molecular complexity index is 650. The standard InChI is InChI=1S/C8H4F3N3O3/c9-8(10,11)4-1-2-5-6(3-4)14(17)12-7(15)13(5)16/h1-3H,(H,12,15). The number of hydrogen-bond donors (Lipinski definition) is 1. The molecule has 2 aromatic rings. The van der Waals surface area contributed by atoms with Gasteiger partial charge in [0, 0.05) is 16.0 Å². The lowest BCUT2D eigenvalue weighted by Gasteiger charge is -2.07. The van der Waals surface area contributed by atoms with Crippen LogP contribution in [0, 0.1) is 10.4 Å². The molecular weight excluding hydrogens is 243 g/mol. The van der Waals surface area contributed by atoms with Gasteiger partial charge in [0.2, 0.25) is 5.52 Å². The van der Waals surface area contributed by atoms with Crippen LogP contribution < -0.4 is 15.3 Å². The number of aromatic amines is 1. The number of rotatable bonds is 0. The van der Waals surface area contributed by atoms with Crippen LogP contribution in [-0.4, -0.2) is 5.10 Å². The second kappa shape index (κ2) is 3.34. The molecule has 0 aliphatic heterocycles. The quantitative estimate of drug-likeness (QED) is 0.517. The first-order valence-electron chi connectivity index (χ1n) is 4.27. The van der Waals surface area contributed by atoms with Crippen molar-refractivity contribution in [2.75, 3.05) is 0 Å². The Balaban J connectivity index is 2.84. The van der Waals surface area contributed by atoms with E-state index in [-0.39, 0.29) is 9.58 Å². The topological polar surface area (TPSA) is 86.7 Å². The summed E-state index contributed by atoms with van der Waals surface area (Å²) in [5.74, 6) is 0. The molecule has 0 fully saturated rings. The van der Waals surface area contributed by atoms with Gasteiger partial charge in [0.1, 0.15) is 0 Å². The molecule has 2 rings (SSSR count). The lowest BCUT2D eigenvalue weighted by molar-refractivity contribution is -0.689. The van der Waals surface area contributed by atoms with Crippen molar-refractivity contribution >= 4 is 11.0 Å². The number of nitrogens with one attached hydrogen (secondary N) is 1. The van der Waals surface area contributed by atoms with Crippen LogP contribution in [0.3, 0.4) is 0 Å². The van der Waals surface area contributed by atoms with Crippen LogP contribution in [0.15, 0.2) is 23.0 Å². The number of nitrogens with zero attached hydrogens (tertiary/aromatic N) is 2. The van der Waals surface area contributed by atoms with Gasteiger partial charge in [-0.2, -0.15) is 22.7 Å². The van der Waals surface area contributed by atoms with Crippen molar-refractivity contribution in [2.24, 2.45) is 0 Å². The fraction of sp³-hybridized carbons (Fsp3) is 0.125. The molecule has 0 amide bonds. The fourth-order valence-electron chi connectivity index (χ4n) is 1.34. The molecule has 1 aromatic heterocycles. The summed E-state index contributed by atoms with van der Waals surface area (Å²) in [5.41, 5.74) is -3.33. The van der Waals surface area contributed by atoms with Crippen LogP contribution in [0.2, 0.25) is 0 Å². The van der Waals surface area contributed by atoms with E-state index in [9.17, 15) is 28.4 Å². The Labute approximate surface area is 90.7 Å². The molecule has 17 heavy (non-hydrogen) atoms. The predicted molar refractivity (Wildman–Crippen MR) is 47.5 cm³/mol. The molecule has 0 bridgehead atoms. The third-order valence-electron chi connectivity index (χ3n) is 2.12. The summed E-state index contributed by atoms with van der Waals surface area (Å²) >= 11 is 0. The maximum absolute atomic E-state index is 12.4. The average Bonchev–Trinajstić information content (AvgIpc) is 2.24. The van der Waals surface area contributed by atoms with Crippen molar-refractivity contribution in [3.8, 4) is 0 Å². The van der Waals surface area contributed by atoms with E-state index in [1.54, 1.807) is 5.10 Å². The third-order valence-corrected chi connectivity index (χ3v) is 2.12. The predicted octanol–water partition coefficient (Wildman–Crippen LogP) is -0.186. The van der Waals surface area contributed by atoms with E-state index < -0.39 is 28.5 Å². The Morgan fingerprint density at radius 2 is 1.82 bits per heavy atom. The van der Waals surface area contributed by atoms with Gasteiger partial charge in [-0.1, -0.05) is 0 Å². The molecule has 90 valence electrons. The summed E-state index contributed by atoms with van der Waals surface area (Å²) < 4.78 is 36.9. The Morgan fingerprint density at radius 1 is 1.18 bits per heavy atom. The lowest BCUT2D eigenvalue weighted by Crippen LogP contribution is -2.55. The highest BCUT2D eigenvalue weighted by atomic mass is 19.4. The molecule has 0 saturated heterocycles. The van der Waals surface area contributed by atoms with Crippen LogP contribution >= 0.6 is 0 Å². The molecule has 0 aliphatic carbocycles. The van der Waals surface area contributed by atoms with Crippen molar-refractivity contribution < 1.29 is 22.7 Å². The van der Waals surface area contributed by atoms with Crippen LogP contribution in [-0.2, 0) is 6.18 Å². The van der Waals surface area contributed by atoms with E-state index in [1.807, 2.05) is 0 Å². The van der Waals surface area contributed by atoms with Crippen molar-refractivity contribution in [1.82, 2.24) is 5.10 Å². The van der Waals surface area contributed by atoms with Gasteiger partial charge in [0.05, 0.1) is 5.56 Å². The van der Waals surface area contributed by atoms with Crippen molar-refractivity contribution in [1.29, 1.82) is 0 Å². The highest BCUT2D eigenvalue weighted by Crippen LogP contribution is 2.29. The summed E-state index contributed by atoms with van der Waals surface area (Å²) in [5, 5.41) is 23.9. The molecule has 1 aromatic carbocycles. The molecule has 9 heteroatoms. The second-order valence-corrected chi connectivity index (χ2v) is 3.21. The molecule has 0 saturated carbocycles. The fourth-order valence-corrected chi connectivity index (χ4v) is 1.34. The summed E-state index contributed by atoms with van der Waals surface area (Å²) in [4.78, 5) is 10.7. The number of aromatic nitrogens is 3. The minimum Gasteiger partial charge on any atom is -0.707 e. The van der Waals surface area contributed by atoms with Crippen LogP contribution in [0.4, 0.5) is 13.2 Å². The van der Waals surface area contributed by atoms with Gasteiger partial charge in [-0.15, -0.1) is 0 Å². The molecule has 1 heterocycles. The SMILES string of the molecule is O=c1[nH][n+]([O-])c2cc(C(F)(F)F)ccc2[n+]1[O-]. The molecule has 0 radical (unpaired) electrons. The van der Waals surface area contributed by atoms with Crippen molar-refractivity contribution in [3.05, 3.63) is 44.7 Å². The number of fused-ring (bicyclic) bond motifs is 1. The Morgan fingerprint density at radius 3 is 2.41 bits per heavy atom. The zero-order chi connectivity index (χ0) is 12.8. The number of benzene rings is 1. The van der Waals surface area contributed by atoms with Gasteiger partial charge in [-0.25, -0.2) is 0 Å². The maximum atomic E-state index is 12.4. The van der Waals surface area contributed by atoms with Crippen LogP contribution in [0.25, 0.3) is 11.0 Å². The van der Waals surface area contributed by atoms with Gasteiger partial charge in [-0.3, -0.25) is 0 Å². The number of H-pyrrole nitrogens is 1. The molecule has 0 atom stereocenters. The van der Waals surface area contributed by atoms with Crippen LogP contribution in [0.1, 0.15) is 5.56 Å². The minimum atomic E-state index is -4.63. The van der Waals surface area contributed by atoms with E-state index in [0.717, 1.165) is 6.07 Å². The zero-order valence-corrected chi connectivity index (χ0v) is 7.99. The molecule has 6 nitrogen and oxygen atoms in total. The number of hydrogen-bond acceptors (Lipinski definition) is 3. The molecule has 0 spiro atoms. The Hall–Kier alpha value is -2.32. The lowest BCUT2D eigenvalue weighted by atomic mass is 10.2.